The van der Waals surface area contributed by atoms with E-state index in [2.05, 4.69) is 0 Å². The first kappa shape index (κ1) is 19.3. The van der Waals surface area contributed by atoms with Gasteiger partial charge in [0.25, 0.3) is 0 Å². The van der Waals surface area contributed by atoms with Crippen molar-refractivity contribution < 1.29 is 38.1 Å². The zero-order valence-electron chi connectivity index (χ0n) is 13.3. The predicted molar refractivity (Wildman–Crippen MR) is 76.5 cm³/mol. The van der Waals surface area contributed by atoms with Crippen LogP contribution in [-0.2, 0) is 33.3 Å². The second-order valence-corrected chi connectivity index (χ2v) is 4.66. The molecule has 0 bridgehead atoms. The Balaban J connectivity index is 1.98. The number of rotatable bonds is 11. The van der Waals surface area contributed by atoms with E-state index >= 15 is 0 Å². The van der Waals surface area contributed by atoms with Gasteiger partial charge in [0, 0.05) is 20.0 Å². The summed E-state index contributed by atoms with van der Waals surface area (Å²) in [4.78, 5) is 35.2. The van der Waals surface area contributed by atoms with Crippen molar-refractivity contribution >= 4 is 18.0 Å². The summed E-state index contributed by atoms with van der Waals surface area (Å²) in [6.07, 6.45) is 0.149. The van der Waals surface area contributed by atoms with E-state index in [0.717, 1.165) is 4.90 Å². The maximum absolute atomic E-state index is 11.5. The summed E-state index contributed by atoms with van der Waals surface area (Å²) in [6, 6.07) is 0. The molecule has 0 aromatic heterocycles. The van der Waals surface area contributed by atoms with Gasteiger partial charge in [0.2, 0.25) is 11.8 Å². The quantitative estimate of drug-likeness (QED) is 0.303. The molecule has 9 nitrogen and oxygen atoms in total. The fourth-order valence-corrected chi connectivity index (χ4v) is 1.75. The van der Waals surface area contributed by atoms with Crippen molar-refractivity contribution in [3.05, 3.63) is 0 Å². The van der Waals surface area contributed by atoms with Crippen LogP contribution in [0.2, 0.25) is 0 Å². The summed E-state index contributed by atoms with van der Waals surface area (Å²) >= 11 is 0. The highest BCUT2D eigenvalue weighted by Gasteiger charge is 2.26. The number of hydrogen-bond donors (Lipinski definition) is 0. The van der Waals surface area contributed by atoms with Crippen LogP contribution in [0, 0.1) is 0 Å². The van der Waals surface area contributed by atoms with Crippen molar-refractivity contribution in [1.29, 1.82) is 0 Å². The molecule has 1 aliphatic rings. The number of amides is 2. The molecule has 0 aromatic rings. The van der Waals surface area contributed by atoms with Gasteiger partial charge >= 0.3 is 6.16 Å². The van der Waals surface area contributed by atoms with Gasteiger partial charge in [0.1, 0.15) is 6.61 Å². The second-order valence-electron chi connectivity index (χ2n) is 4.66. The van der Waals surface area contributed by atoms with E-state index in [-0.39, 0.29) is 37.9 Å². The molecule has 1 rings (SSSR count). The zero-order valence-corrected chi connectivity index (χ0v) is 13.3. The summed E-state index contributed by atoms with van der Waals surface area (Å²) in [5.74, 6) is -0.684. The molecular formula is C14H23NO8. The molecule has 0 atom stereocenters. The fourth-order valence-electron chi connectivity index (χ4n) is 1.75. The molecule has 0 N–H and O–H groups in total. The molecule has 1 saturated heterocycles. The number of methoxy groups -OCH3 is 1. The second kappa shape index (κ2) is 11.8. The van der Waals surface area contributed by atoms with Crippen LogP contribution in [0.5, 0.6) is 0 Å². The Morgan fingerprint density at radius 3 is 2.09 bits per heavy atom. The van der Waals surface area contributed by atoms with Gasteiger partial charge in [-0.25, -0.2) is 9.69 Å². The largest absolute Gasteiger partial charge is 0.510 e. The third-order valence-electron chi connectivity index (χ3n) is 2.95. The van der Waals surface area contributed by atoms with Crippen LogP contribution in [0.4, 0.5) is 4.79 Å². The number of nitrogens with zero attached hydrogens (tertiary/aromatic N) is 1. The summed E-state index contributed by atoms with van der Waals surface area (Å²) in [5.41, 5.74) is 0. The minimum absolute atomic E-state index is 0.0127. The van der Waals surface area contributed by atoms with Crippen LogP contribution in [0.15, 0.2) is 0 Å². The Kier molecular flexibility index (Phi) is 9.92. The van der Waals surface area contributed by atoms with Crippen LogP contribution < -0.4 is 0 Å². The molecule has 23 heavy (non-hydrogen) atoms. The lowest BCUT2D eigenvalue weighted by Gasteiger charge is -2.23. The maximum Gasteiger partial charge on any atom is 0.510 e. The Hall–Kier alpha value is -1.71. The number of piperidine rings is 1. The van der Waals surface area contributed by atoms with E-state index < -0.39 is 12.9 Å². The lowest BCUT2D eigenvalue weighted by Crippen LogP contribution is -2.42. The molecule has 132 valence electrons. The minimum atomic E-state index is -0.948. The molecule has 2 amide bonds. The highest BCUT2D eigenvalue weighted by molar-refractivity contribution is 5.97. The average molecular weight is 333 g/mol. The first-order valence-electron chi connectivity index (χ1n) is 7.42. The van der Waals surface area contributed by atoms with Crippen molar-refractivity contribution in [3.63, 3.8) is 0 Å². The molecule has 0 aromatic carbocycles. The maximum atomic E-state index is 11.5. The van der Waals surface area contributed by atoms with Crippen LogP contribution >= 0.6 is 0 Å². The topological polar surface area (TPSA) is 101 Å². The molecule has 0 spiro atoms. The zero-order chi connectivity index (χ0) is 16.9. The SMILES string of the molecule is COCCOCCOCCOC(=O)OCN1C(=O)CCCC1=O. The molecule has 0 aliphatic carbocycles. The predicted octanol–water partition coefficient (Wildman–Crippen LogP) is 0.316. The van der Waals surface area contributed by atoms with Crippen molar-refractivity contribution in [3.8, 4) is 0 Å². The van der Waals surface area contributed by atoms with Crippen LogP contribution in [0.25, 0.3) is 0 Å². The molecule has 0 unspecified atom stereocenters. The van der Waals surface area contributed by atoms with E-state index in [9.17, 15) is 14.4 Å². The van der Waals surface area contributed by atoms with Crippen molar-refractivity contribution in [1.82, 2.24) is 4.90 Å². The molecule has 0 radical (unpaired) electrons. The lowest BCUT2D eigenvalue weighted by atomic mass is 10.1. The number of ether oxygens (including phenoxy) is 5. The number of imide groups is 1. The highest BCUT2D eigenvalue weighted by atomic mass is 16.7. The molecule has 0 saturated carbocycles. The number of hydrogen-bond acceptors (Lipinski definition) is 8. The van der Waals surface area contributed by atoms with Gasteiger partial charge in [-0.2, -0.15) is 0 Å². The first-order valence-corrected chi connectivity index (χ1v) is 7.42. The third-order valence-corrected chi connectivity index (χ3v) is 2.95. The molecule has 9 heteroatoms. The van der Waals surface area contributed by atoms with Crippen LogP contribution in [-0.4, -0.2) is 76.4 Å². The summed E-state index contributed by atoms with van der Waals surface area (Å²) in [7, 11) is 1.59. The first-order chi connectivity index (χ1) is 11.1. The van der Waals surface area contributed by atoms with E-state index in [1.54, 1.807) is 7.11 Å². The number of carbonyl (C=O) groups excluding carboxylic acids is 3. The Labute approximate surface area is 134 Å². The van der Waals surface area contributed by atoms with Gasteiger partial charge in [-0.3, -0.25) is 9.59 Å². The van der Waals surface area contributed by atoms with Gasteiger partial charge in [0.05, 0.1) is 33.0 Å². The highest BCUT2D eigenvalue weighted by Crippen LogP contribution is 2.11. The van der Waals surface area contributed by atoms with Crippen LogP contribution in [0.3, 0.4) is 0 Å². The van der Waals surface area contributed by atoms with Gasteiger partial charge in [-0.1, -0.05) is 0 Å². The van der Waals surface area contributed by atoms with Crippen molar-refractivity contribution in [2.75, 3.05) is 53.5 Å². The van der Waals surface area contributed by atoms with Gasteiger partial charge in [0.15, 0.2) is 6.73 Å². The molecule has 1 fully saturated rings. The standard InChI is InChI=1S/C14H23NO8/c1-19-5-6-20-7-8-21-9-10-22-14(18)23-11-15-12(16)3-2-4-13(15)17/h2-11H2,1H3. The summed E-state index contributed by atoms with van der Waals surface area (Å²) < 4.78 is 24.6. The van der Waals surface area contributed by atoms with Gasteiger partial charge < -0.3 is 23.7 Å². The van der Waals surface area contributed by atoms with Crippen molar-refractivity contribution in [2.24, 2.45) is 0 Å². The summed E-state index contributed by atoms with van der Waals surface area (Å²) in [6.45, 7) is 1.62. The van der Waals surface area contributed by atoms with E-state index in [1.165, 1.54) is 0 Å². The van der Waals surface area contributed by atoms with Crippen molar-refractivity contribution in [2.45, 2.75) is 19.3 Å². The number of carbonyl (C=O) groups is 3. The number of likely N-dealkylation sites (tertiary alicyclic amines) is 1. The monoisotopic (exact) mass is 333 g/mol. The summed E-state index contributed by atoms with van der Waals surface area (Å²) in [5, 5.41) is 0. The smallest absolute Gasteiger partial charge is 0.432 e. The van der Waals surface area contributed by atoms with E-state index in [1.807, 2.05) is 0 Å². The molecule has 1 heterocycles. The minimum Gasteiger partial charge on any atom is -0.432 e. The Morgan fingerprint density at radius 2 is 1.48 bits per heavy atom. The Bertz CT molecular complexity index is 371. The van der Waals surface area contributed by atoms with Crippen LogP contribution in [0.1, 0.15) is 19.3 Å². The van der Waals surface area contributed by atoms with Gasteiger partial charge in [-0.15, -0.1) is 0 Å². The van der Waals surface area contributed by atoms with Gasteiger partial charge in [-0.05, 0) is 6.42 Å². The lowest BCUT2D eigenvalue weighted by molar-refractivity contribution is -0.153. The Morgan fingerprint density at radius 1 is 0.913 bits per heavy atom. The van der Waals surface area contributed by atoms with E-state index in [4.69, 9.17) is 23.7 Å². The molecule has 1 aliphatic heterocycles. The fraction of sp³-hybridized carbons (Fsp3) is 0.786. The third kappa shape index (κ3) is 8.48. The normalized spacial score (nSPS) is 14.9. The molecular weight excluding hydrogens is 310 g/mol. The van der Waals surface area contributed by atoms with E-state index in [0.29, 0.717) is 32.8 Å². The average Bonchev–Trinajstić information content (AvgIpc) is 2.53.